The first-order valence-corrected chi connectivity index (χ1v) is 4.87. The molecular weight excluding hydrogens is 202 g/mol. The van der Waals surface area contributed by atoms with E-state index >= 15 is 0 Å². The summed E-state index contributed by atoms with van der Waals surface area (Å²) in [4.78, 5) is 0. The second-order valence-corrected chi connectivity index (χ2v) is 4.23. The molecule has 0 aromatic carbocycles. The molecule has 2 rings (SSSR count). The molecule has 0 amide bonds. The summed E-state index contributed by atoms with van der Waals surface area (Å²) in [6, 6.07) is 0.608. The van der Waals surface area contributed by atoms with Gasteiger partial charge in [0.1, 0.15) is 0 Å². The molecule has 1 N–H and O–H groups in total. The lowest BCUT2D eigenvalue weighted by Gasteiger charge is -2.18. The van der Waals surface area contributed by atoms with E-state index < -0.39 is 0 Å². The SMILES string of the molecule is CC1=CC(C2CC2)NC=C1Br. The topological polar surface area (TPSA) is 12.0 Å². The zero-order valence-electron chi connectivity index (χ0n) is 6.60. The number of allylic oxidation sites excluding steroid dienone is 2. The zero-order valence-corrected chi connectivity index (χ0v) is 8.19. The van der Waals surface area contributed by atoms with Crippen molar-refractivity contribution in [2.45, 2.75) is 25.8 Å². The maximum Gasteiger partial charge on any atom is 0.0473 e. The van der Waals surface area contributed by atoms with Gasteiger partial charge in [0.2, 0.25) is 0 Å². The van der Waals surface area contributed by atoms with Crippen LogP contribution in [0.1, 0.15) is 19.8 Å². The van der Waals surface area contributed by atoms with Gasteiger partial charge >= 0.3 is 0 Å². The van der Waals surface area contributed by atoms with Gasteiger partial charge in [-0.05, 0) is 47.2 Å². The van der Waals surface area contributed by atoms with Gasteiger partial charge < -0.3 is 5.32 Å². The molecule has 1 heterocycles. The van der Waals surface area contributed by atoms with Crippen LogP contribution in [0.3, 0.4) is 0 Å². The van der Waals surface area contributed by atoms with Crippen molar-refractivity contribution in [1.29, 1.82) is 0 Å². The van der Waals surface area contributed by atoms with Gasteiger partial charge in [0.05, 0.1) is 0 Å². The average molecular weight is 214 g/mol. The fraction of sp³-hybridized carbons (Fsp3) is 0.556. The number of hydrogen-bond acceptors (Lipinski definition) is 1. The van der Waals surface area contributed by atoms with Crippen LogP contribution in [0.2, 0.25) is 0 Å². The Morgan fingerprint density at radius 2 is 2.27 bits per heavy atom. The van der Waals surface area contributed by atoms with Crippen LogP contribution in [0.25, 0.3) is 0 Å². The van der Waals surface area contributed by atoms with Gasteiger partial charge in [-0.1, -0.05) is 6.08 Å². The fourth-order valence-corrected chi connectivity index (χ4v) is 1.67. The van der Waals surface area contributed by atoms with Gasteiger partial charge in [0.25, 0.3) is 0 Å². The lowest BCUT2D eigenvalue weighted by atomic mass is 10.1. The standard InChI is InChI=1S/C9H12BrN/c1-6-4-9(7-2-3-7)11-5-8(6)10/h4-5,7,9,11H,2-3H2,1H3. The van der Waals surface area contributed by atoms with E-state index in [0.29, 0.717) is 6.04 Å². The Bertz CT molecular complexity index is 226. The van der Waals surface area contributed by atoms with Crippen molar-refractivity contribution < 1.29 is 0 Å². The normalized spacial score (nSPS) is 30.5. The van der Waals surface area contributed by atoms with Gasteiger partial charge in [0, 0.05) is 16.7 Å². The maximum atomic E-state index is 3.48. The number of rotatable bonds is 1. The smallest absolute Gasteiger partial charge is 0.0473 e. The van der Waals surface area contributed by atoms with E-state index in [1.165, 1.54) is 22.9 Å². The van der Waals surface area contributed by atoms with E-state index in [1.807, 2.05) is 0 Å². The molecule has 1 unspecified atom stereocenters. The van der Waals surface area contributed by atoms with Crippen LogP contribution in [-0.2, 0) is 0 Å². The minimum Gasteiger partial charge on any atom is -0.383 e. The van der Waals surface area contributed by atoms with E-state index in [4.69, 9.17) is 0 Å². The van der Waals surface area contributed by atoms with Crippen LogP contribution in [-0.4, -0.2) is 6.04 Å². The molecule has 60 valence electrons. The maximum absolute atomic E-state index is 3.48. The molecule has 0 aromatic heterocycles. The predicted octanol–water partition coefficient (Wildman–Crippen LogP) is 2.55. The first-order chi connectivity index (χ1) is 5.27. The van der Waals surface area contributed by atoms with Gasteiger partial charge in [-0.15, -0.1) is 0 Å². The Morgan fingerprint density at radius 3 is 2.82 bits per heavy atom. The first kappa shape index (κ1) is 7.41. The van der Waals surface area contributed by atoms with Crippen molar-refractivity contribution >= 4 is 15.9 Å². The van der Waals surface area contributed by atoms with E-state index in [-0.39, 0.29) is 0 Å². The second kappa shape index (κ2) is 2.67. The van der Waals surface area contributed by atoms with Crippen molar-refractivity contribution in [1.82, 2.24) is 5.32 Å². The van der Waals surface area contributed by atoms with Crippen LogP contribution in [0, 0.1) is 5.92 Å². The third-order valence-corrected chi connectivity index (χ3v) is 3.19. The van der Waals surface area contributed by atoms with Crippen molar-refractivity contribution in [3.8, 4) is 0 Å². The van der Waals surface area contributed by atoms with Crippen LogP contribution in [0.5, 0.6) is 0 Å². The Balaban J connectivity index is 2.09. The van der Waals surface area contributed by atoms with Gasteiger partial charge in [-0.3, -0.25) is 0 Å². The third kappa shape index (κ3) is 1.51. The van der Waals surface area contributed by atoms with E-state index in [0.717, 1.165) is 5.92 Å². The highest BCUT2D eigenvalue weighted by Crippen LogP contribution is 2.35. The second-order valence-electron chi connectivity index (χ2n) is 3.37. The molecule has 2 aliphatic rings. The van der Waals surface area contributed by atoms with E-state index in [9.17, 15) is 0 Å². The zero-order chi connectivity index (χ0) is 7.84. The quantitative estimate of drug-likeness (QED) is 0.707. The van der Waals surface area contributed by atoms with Crippen LogP contribution >= 0.6 is 15.9 Å². The molecule has 1 aliphatic heterocycles. The molecular formula is C9H12BrN. The summed E-state index contributed by atoms with van der Waals surface area (Å²) in [5, 5.41) is 3.38. The van der Waals surface area contributed by atoms with Crippen molar-refractivity contribution in [3.63, 3.8) is 0 Å². The summed E-state index contributed by atoms with van der Waals surface area (Å²) >= 11 is 3.48. The molecule has 0 aromatic rings. The number of nitrogens with one attached hydrogen (secondary N) is 1. The Morgan fingerprint density at radius 1 is 1.55 bits per heavy atom. The minimum absolute atomic E-state index is 0.608. The van der Waals surface area contributed by atoms with Crippen LogP contribution in [0.15, 0.2) is 22.3 Å². The fourth-order valence-electron chi connectivity index (χ4n) is 1.41. The Kier molecular flexibility index (Phi) is 1.80. The lowest BCUT2D eigenvalue weighted by Crippen LogP contribution is -2.27. The summed E-state index contributed by atoms with van der Waals surface area (Å²) in [5.41, 5.74) is 1.36. The average Bonchev–Trinajstić information content (AvgIpc) is 2.77. The highest BCUT2D eigenvalue weighted by Gasteiger charge is 2.30. The van der Waals surface area contributed by atoms with E-state index in [1.54, 1.807) is 0 Å². The molecule has 0 saturated heterocycles. The third-order valence-electron chi connectivity index (χ3n) is 2.34. The molecule has 1 saturated carbocycles. The summed E-state index contributed by atoms with van der Waals surface area (Å²) in [7, 11) is 0. The molecule has 0 spiro atoms. The summed E-state index contributed by atoms with van der Waals surface area (Å²) in [6.07, 6.45) is 7.18. The monoisotopic (exact) mass is 213 g/mol. The van der Waals surface area contributed by atoms with Crippen molar-refractivity contribution in [2.75, 3.05) is 0 Å². The van der Waals surface area contributed by atoms with Gasteiger partial charge in [-0.25, -0.2) is 0 Å². The molecule has 1 fully saturated rings. The van der Waals surface area contributed by atoms with Crippen molar-refractivity contribution in [3.05, 3.63) is 22.3 Å². The highest BCUT2D eigenvalue weighted by atomic mass is 79.9. The lowest BCUT2D eigenvalue weighted by molar-refractivity contribution is 0.611. The molecule has 11 heavy (non-hydrogen) atoms. The number of dihydropyridines is 1. The summed E-state index contributed by atoms with van der Waals surface area (Å²) < 4.78 is 1.19. The summed E-state index contributed by atoms with van der Waals surface area (Å²) in [6.45, 7) is 2.15. The number of hydrogen-bond donors (Lipinski definition) is 1. The molecule has 0 radical (unpaired) electrons. The van der Waals surface area contributed by atoms with Gasteiger partial charge in [-0.2, -0.15) is 0 Å². The molecule has 0 bridgehead atoms. The largest absolute Gasteiger partial charge is 0.383 e. The molecule has 1 aliphatic carbocycles. The predicted molar refractivity (Wildman–Crippen MR) is 50.4 cm³/mol. The molecule has 2 heteroatoms. The molecule has 1 atom stereocenters. The first-order valence-electron chi connectivity index (χ1n) is 4.08. The minimum atomic E-state index is 0.608. The van der Waals surface area contributed by atoms with Crippen molar-refractivity contribution in [2.24, 2.45) is 5.92 Å². The highest BCUT2D eigenvalue weighted by molar-refractivity contribution is 9.12. The number of halogens is 1. The summed E-state index contributed by atoms with van der Waals surface area (Å²) in [5.74, 6) is 0.904. The van der Waals surface area contributed by atoms with E-state index in [2.05, 4.69) is 40.4 Å². The van der Waals surface area contributed by atoms with Crippen LogP contribution in [0.4, 0.5) is 0 Å². The van der Waals surface area contributed by atoms with Gasteiger partial charge in [0.15, 0.2) is 0 Å². The molecule has 1 nitrogen and oxygen atoms in total. The Labute approximate surface area is 75.7 Å². The Hall–Kier alpha value is -0.240. The van der Waals surface area contributed by atoms with Crippen LogP contribution < -0.4 is 5.32 Å².